The molecule has 0 atom stereocenters. The highest BCUT2D eigenvalue weighted by molar-refractivity contribution is 5.75. The molecule has 0 unspecified atom stereocenters. The van der Waals surface area contributed by atoms with Gasteiger partial charge in [0, 0.05) is 0 Å². The summed E-state index contributed by atoms with van der Waals surface area (Å²) < 4.78 is 0. The lowest BCUT2D eigenvalue weighted by Gasteiger charge is -2.18. The molecular formula is C14H16N2O2. The second-order valence-electron chi connectivity index (χ2n) is 5.00. The van der Waals surface area contributed by atoms with Gasteiger partial charge in [-0.15, -0.1) is 0 Å². The number of hydrogen-bond donors (Lipinski definition) is 2. The van der Waals surface area contributed by atoms with Gasteiger partial charge in [0.25, 0.3) is 0 Å². The van der Waals surface area contributed by atoms with Crippen LogP contribution >= 0.6 is 0 Å². The Morgan fingerprint density at radius 2 is 2.00 bits per heavy atom. The Hall–Kier alpha value is -2.10. The van der Waals surface area contributed by atoms with E-state index in [9.17, 15) is 9.90 Å². The molecular weight excluding hydrogens is 228 g/mol. The molecule has 1 heterocycles. The Balaban J connectivity index is 2.32. The number of H-pyrrole nitrogens is 1. The van der Waals surface area contributed by atoms with Crippen LogP contribution in [0.25, 0.3) is 11.3 Å². The summed E-state index contributed by atoms with van der Waals surface area (Å²) in [5.74, 6) is -0.803. The molecule has 0 spiro atoms. The number of hydrogen-bond acceptors (Lipinski definition) is 2. The van der Waals surface area contributed by atoms with E-state index in [1.165, 1.54) is 0 Å². The molecule has 0 radical (unpaired) electrons. The van der Waals surface area contributed by atoms with E-state index in [2.05, 4.69) is 10.2 Å². The molecule has 2 N–H and O–H groups in total. The van der Waals surface area contributed by atoms with Crippen LogP contribution in [-0.2, 0) is 11.2 Å². The SMILES string of the molecule is CC(C)(Cc1cn[nH]c1-c1ccccc1)C(=O)O. The van der Waals surface area contributed by atoms with E-state index in [1.54, 1.807) is 20.0 Å². The normalized spacial score (nSPS) is 11.4. The molecule has 18 heavy (non-hydrogen) atoms. The predicted molar refractivity (Wildman–Crippen MR) is 69.1 cm³/mol. The highest BCUT2D eigenvalue weighted by Crippen LogP contribution is 2.28. The molecule has 4 nitrogen and oxygen atoms in total. The van der Waals surface area contributed by atoms with Crippen molar-refractivity contribution in [3.63, 3.8) is 0 Å². The summed E-state index contributed by atoms with van der Waals surface area (Å²) in [5.41, 5.74) is 2.04. The maximum absolute atomic E-state index is 11.2. The quantitative estimate of drug-likeness (QED) is 0.869. The summed E-state index contributed by atoms with van der Waals surface area (Å²) in [6, 6.07) is 9.79. The summed E-state index contributed by atoms with van der Waals surface area (Å²) in [6.45, 7) is 3.44. The van der Waals surface area contributed by atoms with E-state index in [4.69, 9.17) is 0 Å². The first-order chi connectivity index (χ1) is 8.50. The van der Waals surface area contributed by atoms with Crippen LogP contribution in [0.4, 0.5) is 0 Å². The molecule has 0 saturated heterocycles. The number of nitrogens with one attached hydrogen (secondary N) is 1. The fraction of sp³-hybridized carbons (Fsp3) is 0.286. The third-order valence-electron chi connectivity index (χ3n) is 2.99. The molecule has 2 aromatic rings. The molecule has 0 aliphatic carbocycles. The Morgan fingerprint density at radius 3 is 2.61 bits per heavy atom. The number of rotatable bonds is 4. The van der Waals surface area contributed by atoms with Gasteiger partial charge in [-0.3, -0.25) is 9.89 Å². The highest BCUT2D eigenvalue weighted by Gasteiger charge is 2.29. The summed E-state index contributed by atoms with van der Waals surface area (Å²) in [6.07, 6.45) is 2.15. The van der Waals surface area contributed by atoms with Gasteiger partial charge in [-0.25, -0.2) is 0 Å². The zero-order valence-corrected chi connectivity index (χ0v) is 10.5. The minimum Gasteiger partial charge on any atom is -0.481 e. The van der Waals surface area contributed by atoms with Crippen molar-refractivity contribution in [1.29, 1.82) is 0 Å². The van der Waals surface area contributed by atoms with Gasteiger partial charge in [-0.2, -0.15) is 5.10 Å². The average Bonchev–Trinajstić information content (AvgIpc) is 2.77. The zero-order chi connectivity index (χ0) is 13.2. The first-order valence-electron chi connectivity index (χ1n) is 5.82. The molecule has 94 valence electrons. The van der Waals surface area contributed by atoms with Gasteiger partial charge in [-0.1, -0.05) is 30.3 Å². The van der Waals surface area contributed by atoms with Crippen molar-refractivity contribution >= 4 is 5.97 Å². The van der Waals surface area contributed by atoms with Gasteiger partial charge in [0.1, 0.15) is 0 Å². The number of aromatic nitrogens is 2. The Kier molecular flexibility index (Phi) is 3.19. The molecule has 2 rings (SSSR count). The first kappa shape index (κ1) is 12.4. The number of carboxylic acids is 1. The third kappa shape index (κ3) is 2.42. The molecule has 0 bridgehead atoms. The van der Waals surface area contributed by atoms with Crippen LogP contribution in [0.3, 0.4) is 0 Å². The van der Waals surface area contributed by atoms with Crippen molar-refractivity contribution in [2.24, 2.45) is 5.41 Å². The second kappa shape index (κ2) is 4.64. The van der Waals surface area contributed by atoms with Crippen LogP contribution in [0.5, 0.6) is 0 Å². The average molecular weight is 244 g/mol. The maximum atomic E-state index is 11.2. The van der Waals surface area contributed by atoms with Crippen molar-refractivity contribution in [2.45, 2.75) is 20.3 Å². The lowest BCUT2D eigenvalue weighted by Crippen LogP contribution is -2.26. The van der Waals surface area contributed by atoms with Crippen LogP contribution in [0.2, 0.25) is 0 Å². The standard InChI is InChI=1S/C14H16N2O2/c1-14(2,13(17)18)8-11-9-15-16-12(11)10-6-4-3-5-7-10/h3-7,9H,8H2,1-2H3,(H,15,16)(H,17,18). The lowest BCUT2D eigenvalue weighted by atomic mass is 9.85. The zero-order valence-electron chi connectivity index (χ0n) is 10.5. The maximum Gasteiger partial charge on any atom is 0.309 e. The number of carbonyl (C=O) groups is 1. The van der Waals surface area contributed by atoms with Gasteiger partial charge < -0.3 is 5.11 Å². The van der Waals surface area contributed by atoms with Crippen LogP contribution in [-0.4, -0.2) is 21.3 Å². The summed E-state index contributed by atoms with van der Waals surface area (Å²) in [5, 5.41) is 16.1. The number of aromatic amines is 1. The molecule has 4 heteroatoms. The van der Waals surface area contributed by atoms with E-state index in [1.807, 2.05) is 30.3 Å². The van der Waals surface area contributed by atoms with Gasteiger partial charge in [-0.05, 0) is 31.4 Å². The van der Waals surface area contributed by atoms with Crippen molar-refractivity contribution in [3.8, 4) is 11.3 Å². The molecule has 1 aromatic carbocycles. The fourth-order valence-electron chi connectivity index (χ4n) is 1.85. The Labute approximate surface area is 106 Å². The van der Waals surface area contributed by atoms with Crippen LogP contribution in [0, 0.1) is 5.41 Å². The van der Waals surface area contributed by atoms with E-state index in [0.717, 1.165) is 16.8 Å². The van der Waals surface area contributed by atoms with Gasteiger partial charge >= 0.3 is 5.97 Å². The largest absolute Gasteiger partial charge is 0.481 e. The molecule has 0 amide bonds. The minimum atomic E-state index is -0.803. The molecule has 1 aromatic heterocycles. The number of benzene rings is 1. The minimum absolute atomic E-state index is 0.447. The van der Waals surface area contributed by atoms with Gasteiger partial charge in [0.05, 0.1) is 17.3 Å². The monoisotopic (exact) mass is 244 g/mol. The van der Waals surface area contributed by atoms with Gasteiger partial charge in [0.15, 0.2) is 0 Å². The Morgan fingerprint density at radius 1 is 1.33 bits per heavy atom. The number of carboxylic acid groups (broad SMARTS) is 1. The lowest BCUT2D eigenvalue weighted by molar-refractivity contribution is -0.146. The van der Waals surface area contributed by atoms with Crippen LogP contribution < -0.4 is 0 Å². The first-order valence-corrected chi connectivity index (χ1v) is 5.82. The third-order valence-corrected chi connectivity index (χ3v) is 2.99. The predicted octanol–water partition coefficient (Wildman–Crippen LogP) is 2.73. The topological polar surface area (TPSA) is 66.0 Å². The van der Waals surface area contributed by atoms with E-state index >= 15 is 0 Å². The van der Waals surface area contributed by atoms with Crippen molar-refractivity contribution in [3.05, 3.63) is 42.1 Å². The molecule has 0 fully saturated rings. The molecule has 0 saturated carbocycles. The second-order valence-corrected chi connectivity index (χ2v) is 5.00. The van der Waals surface area contributed by atoms with Crippen molar-refractivity contribution in [2.75, 3.05) is 0 Å². The smallest absolute Gasteiger partial charge is 0.309 e. The van der Waals surface area contributed by atoms with E-state index in [-0.39, 0.29) is 0 Å². The van der Waals surface area contributed by atoms with Crippen LogP contribution in [0.1, 0.15) is 19.4 Å². The van der Waals surface area contributed by atoms with Crippen molar-refractivity contribution in [1.82, 2.24) is 10.2 Å². The van der Waals surface area contributed by atoms with Crippen molar-refractivity contribution < 1.29 is 9.90 Å². The Bertz CT molecular complexity index is 544. The van der Waals surface area contributed by atoms with E-state index in [0.29, 0.717) is 6.42 Å². The molecule has 0 aliphatic rings. The summed E-state index contributed by atoms with van der Waals surface area (Å²) >= 11 is 0. The van der Waals surface area contributed by atoms with Crippen LogP contribution in [0.15, 0.2) is 36.5 Å². The van der Waals surface area contributed by atoms with Gasteiger partial charge in [0.2, 0.25) is 0 Å². The van der Waals surface area contributed by atoms with E-state index < -0.39 is 11.4 Å². The number of nitrogens with zero attached hydrogens (tertiary/aromatic N) is 1. The summed E-state index contributed by atoms with van der Waals surface area (Å²) in [7, 11) is 0. The molecule has 0 aliphatic heterocycles. The summed E-state index contributed by atoms with van der Waals surface area (Å²) in [4.78, 5) is 11.2. The fourth-order valence-corrected chi connectivity index (χ4v) is 1.85. The highest BCUT2D eigenvalue weighted by atomic mass is 16.4. The number of aliphatic carboxylic acids is 1.